The van der Waals surface area contributed by atoms with Crippen LogP contribution in [0.3, 0.4) is 0 Å². The van der Waals surface area contributed by atoms with Crippen LogP contribution in [0.15, 0.2) is 58.3 Å². The molecule has 22 heavy (non-hydrogen) atoms. The topological polar surface area (TPSA) is 3.24 Å². The van der Waals surface area contributed by atoms with Crippen LogP contribution in [-0.2, 0) is 6.42 Å². The molecular formula is C18H22ClNS2. The largest absolute Gasteiger partial charge is 0.309 e. The summed E-state index contributed by atoms with van der Waals surface area (Å²) < 4.78 is 0. The van der Waals surface area contributed by atoms with Crippen LogP contribution in [0, 0.1) is 0 Å². The van der Waals surface area contributed by atoms with Gasteiger partial charge in [0.1, 0.15) is 0 Å². The second-order valence-corrected chi connectivity index (χ2v) is 8.01. The van der Waals surface area contributed by atoms with Gasteiger partial charge in [0, 0.05) is 27.3 Å². The van der Waals surface area contributed by atoms with Gasteiger partial charge in [-0.25, -0.2) is 0 Å². The number of hydrogen-bond acceptors (Lipinski definition) is 3. The molecule has 3 rings (SSSR count). The highest BCUT2D eigenvalue weighted by Gasteiger charge is 2.22. The minimum atomic E-state index is 0. The van der Waals surface area contributed by atoms with Crippen molar-refractivity contribution in [3.63, 3.8) is 0 Å². The molecule has 1 heterocycles. The summed E-state index contributed by atoms with van der Waals surface area (Å²) in [6, 6.07) is 17.8. The number of nitrogens with zero attached hydrogens (tertiary/aromatic N) is 1. The third-order valence-corrected chi connectivity index (χ3v) is 6.17. The molecule has 1 atom stereocenters. The molecule has 1 nitrogen and oxygen atoms in total. The Morgan fingerprint density at radius 2 is 1.73 bits per heavy atom. The summed E-state index contributed by atoms with van der Waals surface area (Å²) >= 11 is 4.01. The minimum Gasteiger partial charge on any atom is -0.309 e. The van der Waals surface area contributed by atoms with Gasteiger partial charge in [-0.15, -0.1) is 12.4 Å². The van der Waals surface area contributed by atoms with Gasteiger partial charge in [-0.05, 0) is 43.8 Å². The lowest BCUT2D eigenvalue weighted by molar-refractivity contribution is 0.437. The van der Waals surface area contributed by atoms with Crippen LogP contribution < -0.4 is 0 Å². The zero-order chi connectivity index (χ0) is 14.7. The van der Waals surface area contributed by atoms with E-state index in [4.69, 9.17) is 0 Å². The summed E-state index contributed by atoms with van der Waals surface area (Å²) in [5.41, 5.74) is 2.99. The molecule has 118 valence electrons. The predicted octanol–water partition coefficient (Wildman–Crippen LogP) is 5.15. The molecule has 1 unspecified atom stereocenters. The lowest BCUT2D eigenvalue weighted by atomic mass is 10.0. The third kappa shape index (κ3) is 4.23. The van der Waals surface area contributed by atoms with E-state index in [1.807, 2.05) is 11.8 Å². The summed E-state index contributed by atoms with van der Waals surface area (Å²) in [5.74, 6) is 1.18. The second-order valence-electron chi connectivity index (χ2n) is 5.61. The molecule has 1 aliphatic heterocycles. The lowest BCUT2D eigenvalue weighted by Crippen LogP contribution is -2.15. The van der Waals surface area contributed by atoms with Gasteiger partial charge in [-0.1, -0.05) is 48.2 Å². The van der Waals surface area contributed by atoms with E-state index >= 15 is 0 Å². The van der Waals surface area contributed by atoms with Crippen molar-refractivity contribution in [1.82, 2.24) is 4.90 Å². The van der Waals surface area contributed by atoms with E-state index in [1.165, 1.54) is 26.7 Å². The Balaban J connectivity index is 0.00000176. The Morgan fingerprint density at radius 1 is 1.05 bits per heavy atom. The van der Waals surface area contributed by atoms with E-state index in [-0.39, 0.29) is 12.4 Å². The highest BCUT2D eigenvalue weighted by atomic mass is 35.5. The van der Waals surface area contributed by atoms with Gasteiger partial charge < -0.3 is 4.90 Å². The van der Waals surface area contributed by atoms with Gasteiger partial charge in [-0.3, -0.25) is 0 Å². The Bertz CT molecular complexity index is 616. The van der Waals surface area contributed by atoms with Gasteiger partial charge in [0.2, 0.25) is 0 Å². The molecule has 0 radical (unpaired) electrons. The molecule has 1 aliphatic rings. The van der Waals surface area contributed by atoms with E-state index in [9.17, 15) is 0 Å². The van der Waals surface area contributed by atoms with E-state index in [1.54, 1.807) is 0 Å². The highest BCUT2D eigenvalue weighted by Crippen LogP contribution is 2.45. The summed E-state index contributed by atoms with van der Waals surface area (Å²) in [6.45, 7) is 1.14. The van der Waals surface area contributed by atoms with Crippen molar-refractivity contribution < 1.29 is 0 Å². The monoisotopic (exact) mass is 351 g/mol. The fourth-order valence-electron chi connectivity index (χ4n) is 2.57. The Labute approximate surface area is 148 Å². The SMILES string of the molecule is CN(C)CCSC1Cc2ccccc2Sc2ccccc21.Cl. The summed E-state index contributed by atoms with van der Waals surface area (Å²) in [7, 11) is 4.29. The molecule has 0 aliphatic carbocycles. The molecule has 0 aromatic heterocycles. The average Bonchev–Trinajstić information content (AvgIpc) is 2.63. The number of benzene rings is 2. The van der Waals surface area contributed by atoms with Gasteiger partial charge in [0.15, 0.2) is 0 Å². The van der Waals surface area contributed by atoms with Crippen LogP contribution in [-0.4, -0.2) is 31.3 Å². The van der Waals surface area contributed by atoms with E-state index in [2.05, 4.69) is 79.3 Å². The molecule has 0 saturated carbocycles. The number of thioether (sulfide) groups is 1. The normalized spacial score (nSPS) is 16.4. The molecule has 0 saturated heterocycles. The average molecular weight is 352 g/mol. The van der Waals surface area contributed by atoms with Crippen molar-refractivity contribution >= 4 is 35.9 Å². The summed E-state index contributed by atoms with van der Waals surface area (Å²) in [4.78, 5) is 5.10. The zero-order valence-corrected chi connectivity index (χ0v) is 15.4. The Kier molecular flexibility index (Phi) is 6.69. The van der Waals surface area contributed by atoms with Crippen molar-refractivity contribution in [2.75, 3.05) is 26.4 Å². The number of fused-ring (bicyclic) bond motifs is 2. The molecule has 0 spiro atoms. The molecule has 2 aromatic rings. The first kappa shape index (κ1) is 17.7. The first-order valence-corrected chi connectivity index (χ1v) is 9.21. The van der Waals surface area contributed by atoms with Crippen LogP contribution in [0.2, 0.25) is 0 Å². The first-order valence-electron chi connectivity index (χ1n) is 7.35. The maximum Gasteiger partial charge on any atom is 0.0349 e. The van der Waals surface area contributed by atoms with E-state index < -0.39 is 0 Å². The molecule has 0 bridgehead atoms. The van der Waals surface area contributed by atoms with Crippen LogP contribution >= 0.6 is 35.9 Å². The van der Waals surface area contributed by atoms with Crippen LogP contribution in [0.1, 0.15) is 16.4 Å². The molecule has 4 heteroatoms. The van der Waals surface area contributed by atoms with Crippen LogP contribution in [0.4, 0.5) is 0 Å². The fraction of sp³-hybridized carbons (Fsp3) is 0.333. The standard InChI is InChI=1S/C18H21NS2.ClH/c1-19(2)11-12-20-18-13-14-7-3-5-9-16(14)21-17-10-6-4-8-15(17)18;/h3-10,18H,11-13H2,1-2H3;1H. The maximum atomic E-state index is 2.31. The molecule has 0 amide bonds. The minimum absolute atomic E-state index is 0. The van der Waals surface area contributed by atoms with Crippen molar-refractivity contribution in [3.05, 3.63) is 59.7 Å². The van der Waals surface area contributed by atoms with Crippen LogP contribution in [0.5, 0.6) is 0 Å². The maximum absolute atomic E-state index is 2.31. The van der Waals surface area contributed by atoms with Crippen molar-refractivity contribution in [2.24, 2.45) is 0 Å². The zero-order valence-electron chi connectivity index (χ0n) is 13.0. The third-order valence-electron chi connectivity index (χ3n) is 3.72. The lowest BCUT2D eigenvalue weighted by Gasteiger charge is -2.18. The Hall–Kier alpha value is -0.610. The second kappa shape index (κ2) is 8.30. The van der Waals surface area contributed by atoms with Crippen molar-refractivity contribution in [1.29, 1.82) is 0 Å². The van der Waals surface area contributed by atoms with E-state index in [0.717, 1.165) is 13.0 Å². The van der Waals surface area contributed by atoms with Gasteiger partial charge >= 0.3 is 0 Å². The number of hydrogen-bond donors (Lipinski definition) is 0. The smallest absolute Gasteiger partial charge is 0.0349 e. The molecule has 0 fully saturated rings. The summed E-state index contributed by atoms with van der Waals surface area (Å²) in [6.07, 6.45) is 1.14. The Morgan fingerprint density at radius 3 is 2.50 bits per heavy atom. The van der Waals surface area contributed by atoms with Gasteiger partial charge in [0.25, 0.3) is 0 Å². The molecule has 2 aromatic carbocycles. The predicted molar refractivity (Wildman–Crippen MR) is 102 cm³/mol. The number of rotatable bonds is 4. The van der Waals surface area contributed by atoms with E-state index in [0.29, 0.717) is 5.25 Å². The first-order chi connectivity index (χ1) is 10.2. The van der Waals surface area contributed by atoms with Crippen molar-refractivity contribution in [3.8, 4) is 0 Å². The van der Waals surface area contributed by atoms with Gasteiger partial charge in [-0.2, -0.15) is 11.8 Å². The van der Waals surface area contributed by atoms with Crippen LogP contribution in [0.25, 0.3) is 0 Å². The van der Waals surface area contributed by atoms with Crippen molar-refractivity contribution in [2.45, 2.75) is 21.5 Å². The summed E-state index contributed by atoms with van der Waals surface area (Å²) in [5, 5.41) is 0.567. The quantitative estimate of drug-likeness (QED) is 0.749. The molecular weight excluding hydrogens is 330 g/mol. The van der Waals surface area contributed by atoms with Gasteiger partial charge in [0.05, 0.1) is 0 Å². The number of halogens is 1. The fourth-order valence-corrected chi connectivity index (χ4v) is 5.22. The highest BCUT2D eigenvalue weighted by molar-refractivity contribution is 8.00. The molecule has 0 N–H and O–H groups in total.